The van der Waals surface area contributed by atoms with Crippen LogP contribution in [0.5, 0.6) is 0 Å². The largest absolute Gasteiger partial charge is 0.370 e. The van der Waals surface area contributed by atoms with E-state index in [2.05, 4.69) is 41.4 Å². The number of hydrogen-bond donors (Lipinski definition) is 2. The van der Waals surface area contributed by atoms with E-state index in [1.807, 2.05) is 20.0 Å². The predicted octanol–water partition coefficient (Wildman–Crippen LogP) is 3.06. The Labute approximate surface area is 104 Å². The van der Waals surface area contributed by atoms with Crippen LogP contribution in [0.4, 0.5) is 11.8 Å². The first-order valence-electron chi connectivity index (χ1n) is 6.24. The first kappa shape index (κ1) is 13.7. The van der Waals surface area contributed by atoms with E-state index in [9.17, 15) is 0 Å². The fourth-order valence-electron chi connectivity index (χ4n) is 1.42. The second-order valence-corrected chi connectivity index (χ2v) is 5.49. The minimum Gasteiger partial charge on any atom is -0.370 e. The van der Waals surface area contributed by atoms with E-state index in [0.717, 1.165) is 30.9 Å². The van der Waals surface area contributed by atoms with Gasteiger partial charge >= 0.3 is 0 Å². The van der Waals surface area contributed by atoms with Gasteiger partial charge in [-0.3, -0.25) is 0 Å². The normalized spacial score (nSPS) is 11.4. The molecule has 0 saturated heterocycles. The van der Waals surface area contributed by atoms with Crippen LogP contribution in [-0.2, 0) is 0 Å². The lowest BCUT2D eigenvalue weighted by Gasteiger charge is -2.19. The van der Waals surface area contributed by atoms with Gasteiger partial charge in [-0.15, -0.1) is 0 Å². The third-order valence-corrected chi connectivity index (χ3v) is 2.47. The minimum absolute atomic E-state index is 0.346. The molecule has 4 nitrogen and oxygen atoms in total. The number of hydrogen-bond acceptors (Lipinski definition) is 4. The maximum atomic E-state index is 4.45. The molecule has 0 aliphatic carbocycles. The average Bonchev–Trinajstić information content (AvgIpc) is 2.21. The third-order valence-electron chi connectivity index (χ3n) is 2.47. The molecule has 0 aliphatic heterocycles. The minimum atomic E-state index is 0.346. The zero-order valence-corrected chi connectivity index (χ0v) is 11.6. The highest BCUT2D eigenvalue weighted by Gasteiger charge is 2.10. The van der Waals surface area contributed by atoms with Crippen molar-refractivity contribution in [3.05, 3.63) is 11.8 Å². The highest BCUT2D eigenvalue weighted by atomic mass is 15.1. The Balaban J connectivity index is 2.60. The Kier molecular flexibility index (Phi) is 4.73. The van der Waals surface area contributed by atoms with Gasteiger partial charge in [-0.05, 0) is 25.7 Å². The van der Waals surface area contributed by atoms with Crippen LogP contribution in [0.2, 0.25) is 0 Å². The maximum Gasteiger partial charge on any atom is 0.224 e. The second kappa shape index (κ2) is 5.84. The van der Waals surface area contributed by atoms with Crippen LogP contribution in [0.15, 0.2) is 6.20 Å². The molecule has 0 spiro atoms. The van der Waals surface area contributed by atoms with Crippen LogP contribution in [0.1, 0.15) is 39.7 Å². The maximum absolute atomic E-state index is 4.45. The molecule has 1 heterocycles. The van der Waals surface area contributed by atoms with Gasteiger partial charge in [0.25, 0.3) is 0 Å². The van der Waals surface area contributed by atoms with Gasteiger partial charge in [-0.2, -0.15) is 4.98 Å². The number of nitrogens with one attached hydrogen (secondary N) is 2. The van der Waals surface area contributed by atoms with Gasteiger partial charge in [0.1, 0.15) is 5.82 Å². The Morgan fingerprint density at radius 3 is 2.53 bits per heavy atom. The summed E-state index contributed by atoms with van der Waals surface area (Å²) in [6.45, 7) is 12.6. The van der Waals surface area contributed by atoms with Gasteiger partial charge in [0.2, 0.25) is 5.95 Å². The molecule has 0 radical (unpaired) electrons. The molecule has 2 N–H and O–H groups in total. The molecule has 0 saturated carbocycles. The van der Waals surface area contributed by atoms with Gasteiger partial charge in [-0.1, -0.05) is 20.8 Å². The molecule has 1 aromatic rings. The molecule has 0 unspecified atom stereocenters. The van der Waals surface area contributed by atoms with Crippen molar-refractivity contribution in [2.45, 2.75) is 41.0 Å². The summed E-state index contributed by atoms with van der Waals surface area (Å²) in [6, 6.07) is 0. The highest BCUT2D eigenvalue weighted by molar-refractivity contribution is 5.46. The van der Waals surface area contributed by atoms with Gasteiger partial charge in [-0.25, -0.2) is 4.98 Å². The van der Waals surface area contributed by atoms with E-state index >= 15 is 0 Å². The molecule has 96 valence electrons. The van der Waals surface area contributed by atoms with Crippen molar-refractivity contribution in [3.8, 4) is 0 Å². The summed E-state index contributed by atoms with van der Waals surface area (Å²) in [5, 5.41) is 6.50. The smallest absolute Gasteiger partial charge is 0.224 e. The van der Waals surface area contributed by atoms with E-state index in [4.69, 9.17) is 0 Å². The summed E-state index contributed by atoms with van der Waals surface area (Å²) < 4.78 is 0. The third kappa shape index (κ3) is 5.02. The lowest BCUT2D eigenvalue weighted by atomic mass is 9.92. The van der Waals surface area contributed by atoms with Gasteiger partial charge < -0.3 is 10.6 Å². The van der Waals surface area contributed by atoms with Crippen molar-refractivity contribution in [1.29, 1.82) is 0 Å². The summed E-state index contributed by atoms with van der Waals surface area (Å²) in [4.78, 5) is 8.67. The Bertz CT molecular complexity index is 355. The number of rotatable bonds is 5. The predicted molar refractivity (Wildman–Crippen MR) is 73.5 cm³/mol. The van der Waals surface area contributed by atoms with E-state index < -0.39 is 0 Å². The molecule has 0 aromatic carbocycles. The quantitative estimate of drug-likeness (QED) is 0.825. The van der Waals surface area contributed by atoms with E-state index in [1.54, 1.807) is 0 Å². The average molecular weight is 236 g/mol. The van der Waals surface area contributed by atoms with Gasteiger partial charge in [0.15, 0.2) is 0 Å². The summed E-state index contributed by atoms with van der Waals surface area (Å²) in [7, 11) is 0. The molecule has 0 bridgehead atoms. The molecular weight excluding hydrogens is 212 g/mol. The molecule has 1 rings (SSSR count). The summed E-state index contributed by atoms with van der Waals surface area (Å²) in [5.74, 6) is 1.62. The number of aryl methyl sites for hydroxylation is 1. The highest BCUT2D eigenvalue weighted by Crippen LogP contribution is 2.19. The monoisotopic (exact) mass is 236 g/mol. The van der Waals surface area contributed by atoms with Crippen molar-refractivity contribution in [2.24, 2.45) is 5.41 Å². The Hall–Kier alpha value is -1.32. The number of anilines is 2. The molecule has 0 aliphatic rings. The lowest BCUT2D eigenvalue weighted by molar-refractivity contribution is 0.389. The van der Waals surface area contributed by atoms with Crippen molar-refractivity contribution < 1.29 is 0 Å². The van der Waals surface area contributed by atoms with Crippen molar-refractivity contribution >= 4 is 11.8 Å². The van der Waals surface area contributed by atoms with Crippen LogP contribution in [-0.4, -0.2) is 23.1 Å². The van der Waals surface area contributed by atoms with E-state index in [1.165, 1.54) is 0 Å². The molecule has 0 fully saturated rings. The standard InChI is InChI=1S/C13H24N4/c1-6-14-12-16-9-10(2)11(17-12)15-8-7-13(3,4)5/h9H,6-8H2,1-5H3,(H2,14,15,16,17). The van der Waals surface area contributed by atoms with Crippen molar-refractivity contribution in [3.63, 3.8) is 0 Å². The van der Waals surface area contributed by atoms with Crippen LogP contribution in [0.3, 0.4) is 0 Å². The van der Waals surface area contributed by atoms with Crippen LogP contribution >= 0.6 is 0 Å². The van der Waals surface area contributed by atoms with E-state index in [-0.39, 0.29) is 0 Å². The molecule has 4 heteroatoms. The summed E-state index contributed by atoms with van der Waals surface area (Å²) in [6.07, 6.45) is 2.97. The molecule has 0 amide bonds. The molecule has 1 aromatic heterocycles. The van der Waals surface area contributed by atoms with Crippen LogP contribution < -0.4 is 10.6 Å². The zero-order valence-electron chi connectivity index (χ0n) is 11.6. The fourth-order valence-corrected chi connectivity index (χ4v) is 1.42. The number of aromatic nitrogens is 2. The second-order valence-electron chi connectivity index (χ2n) is 5.49. The lowest BCUT2D eigenvalue weighted by Crippen LogP contribution is -2.14. The molecule has 17 heavy (non-hydrogen) atoms. The number of nitrogens with zero attached hydrogens (tertiary/aromatic N) is 2. The van der Waals surface area contributed by atoms with Crippen molar-refractivity contribution in [2.75, 3.05) is 23.7 Å². The first-order chi connectivity index (χ1) is 7.92. The van der Waals surface area contributed by atoms with E-state index in [0.29, 0.717) is 11.4 Å². The van der Waals surface area contributed by atoms with Crippen LogP contribution in [0.25, 0.3) is 0 Å². The Morgan fingerprint density at radius 2 is 1.94 bits per heavy atom. The Morgan fingerprint density at radius 1 is 1.24 bits per heavy atom. The molecule has 0 atom stereocenters. The van der Waals surface area contributed by atoms with Crippen molar-refractivity contribution in [1.82, 2.24) is 9.97 Å². The van der Waals surface area contributed by atoms with Gasteiger partial charge in [0, 0.05) is 24.8 Å². The molecular formula is C13H24N4. The summed E-state index contributed by atoms with van der Waals surface area (Å²) in [5.41, 5.74) is 1.43. The first-order valence-corrected chi connectivity index (χ1v) is 6.24. The van der Waals surface area contributed by atoms with Gasteiger partial charge in [0.05, 0.1) is 0 Å². The van der Waals surface area contributed by atoms with Crippen LogP contribution in [0, 0.1) is 12.3 Å². The zero-order chi connectivity index (χ0) is 12.9. The SMILES string of the molecule is CCNc1ncc(C)c(NCCC(C)(C)C)n1. The fraction of sp³-hybridized carbons (Fsp3) is 0.692. The summed E-state index contributed by atoms with van der Waals surface area (Å²) >= 11 is 0. The topological polar surface area (TPSA) is 49.8 Å².